The number of nitrogens with zero attached hydrogens (tertiary/aromatic N) is 4. The number of alkyl halides is 3. The summed E-state index contributed by atoms with van der Waals surface area (Å²) >= 11 is 0. The third-order valence-corrected chi connectivity index (χ3v) is 4.13. The molecule has 0 bridgehead atoms. The fourth-order valence-corrected chi connectivity index (χ4v) is 2.75. The van der Waals surface area contributed by atoms with Crippen LogP contribution in [0.3, 0.4) is 0 Å². The molecule has 0 amide bonds. The zero-order valence-electron chi connectivity index (χ0n) is 15.0. The van der Waals surface area contributed by atoms with Crippen molar-refractivity contribution in [2.24, 2.45) is 0 Å². The molecule has 2 aromatic heterocycles. The second-order valence-corrected chi connectivity index (χ2v) is 6.08. The molecule has 1 saturated heterocycles. The first-order valence-corrected chi connectivity index (χ1v) is 8.57. The Hall–Kier alpha value is -3.13. The monoisotopic (exact) mass is 393 g/mol. The van der Waals surface area contributed by atoms with Gasteiger partial charge in [0.15, 0.2) is 11.4 Å². The van der Waals surface area contributed by atoms with E-state index in [-0.39, 0.29) is 23.6 Å². The molecule has 3 rings (SSSR count). The van der Waals surface area contributed by atoms with E-state index in [2.05, 4.69) is 30.9 Å². The van der Waals surface area contributed by atoms with Gasteiger partial charge in [-0.05, 0) is 25.9 Å². The maximum Gasteiger partial charge on any atom is 0.421 e. The van der Waals surface area contributed by atoms with Gasteiger partial charge in [-0.3, -0.25) is 0 Å². The van der Waals surface area contributed by atoms with Crippen molar-refractivity contribution < 1.29 is 17.9 Å². The van der Waals surface area contributed by atoms with Crippen LogP contribution >= 0.6 is 0 Å². The summed E-state index contributed by atoms with van der Waals surface area (Å²) in [5.41, 5.74) is -0.438. The molecule has 3 N–H and O–H groups in total. The molecule has 2 aromatic rings. The van der Waals surface area contributed by atoms with Gasteiger partial charge < -0.3 is 20.7 Å². The van der Waals surface area contributed by atoms with Gasteiger partial charge in [-0.1, -0.05) is 0 Å². The highest BCUT2D eigenvalue weighted by Gasteiger charge is 2.35. The Labute approximate surface area is 159 Å². The number of nitrogens with one attached hydrogen (secondary N) is 3. The van der Waals surface area contributed by atoms with Gasteiger partial charge in [-0.2, -0.15) is 23.4 Å². The average molecular weight is 393 g/mol. The fourth-order valence-electron chi connectivity index (χ4n) is 2.75. The van der Waals surface area contributed by atoms with Crippen LogP contribution in [0, 0.1) is 11.3 Å². The van der Waals surface area contributed by atoms with Crippen molar-refractivity contribution in [1.82, 2.24) is 20.3 Å². The van der Waals surface area contributed by atoms with E-state index in [4.69, 9.17) is 4.74 Å². The SMILES string of the molecule is CNc1nc(Nc2cnc(C#N)c(OC3CCNCC3)c2)ncc1C(F)(F)F. The summed E-state index contributed by atoms with van der Waals surface area (Å²) in [5, 5.41) is 17.7. The normalized spacial score (nSPS) is 15.0. The second-order valence-electron chi connectivity index (χ2n) is 6.08. The van der Waals surface area contributed by atoms with Crippen molar-refractivity contribution in [2.45, 2.75) is 25.1 Å². The quantitative estimate of drug-likeness (QED) is 0.712. The minimum atomic E-state index is -4.57. The molecule has 3 heterocycles. The molecule has 1 aliphatic heterocycles. The smallest absolute Gasteiger partial charge is 0.421 e. The van der Waals surface area contributed by atoms with Gasteiger partial charge in [0.1, 0.15) is 23.6 Å². The van der Waals surface area contributed by atoms with Crippen LogP contribution in [-0.2, 0) is 6.18 Å². The standard InChI is InChI=1S/C17H18F3N7O/c1-22-15-12(17(18,19)20)9-25-16(27-15)26-10-6-14(13(7-21)24-8-10)28-11-2-4-23-5-3-11/h6,8-9,11,23H,2-5H2,1H3,(H2,22,25,26,27). The second kappa shape index (κ2) is 8.26. The van der Waals surface area contributed by atoms with Crippen molar-refractivity contribution in [1.29, 1.82) is 5.26 Å². The maximum absolute atomic E-state index is 13.0. The van der Waals surface area contributed by atoms with E-state index in [1.165, 1.54) is 13.2 Å². The Morgan fingerprint density at radius 2 is 2.00 bits per heavy atom. The predicted molar refractivity (Wildman–Crippen MR) is 95.3 cm³/mol. The lowest BCUT2D eigenvalue weighted by Gasteiger charge is -2.24. The van der Waals surface area contributed by atoms with E-state index in [0.717, 1.165) is 25.9 Å². The third-order valence-electron chi connectivity index (χ3n) is 4.13. The molecule has 148 valence electrons. The van der Waals surface area contributed by atoms with Gasteiger partial charge in [0.25, 0.3) is 0 Å². The van der Waals surface area contributed by atoms with Crippen LogP contribution in [0.1, 0.15) is 24.1 Å². The third kappa shape index (κ3) is 4.58. The van der Waals surface area contributed by atoms with Gasteiger partial charge >= 0.3 is 6.18 Å². The lowest BCUT2D eigenvalue weighted by molar-refractivity contribution is -0.137. The van der Waals surface area contributed by atoms with Crippen LogP contribution < -0.4 is 20.7 Å². The number of ether oxygens (including phenoxy) is 1. The summed E-state index contributed by atoms with van der Waals surface area (Å²) in [6, 6.07) is 3.54. The van der Waals surface area contributed by atoms with Crippen LogP contribution in [0.4, 0.5) is 30.6 Å². The highest BCUT2D eigenvalue weighted by atomic mass is 19.4. The van der Waals surface area contributed by atoms with Crippen LogP contribution in [0.25, 0.3) is 0 Å². The molecular weight excluding hydrogens is 375 g/mol. The number of hydrogen-bond donors (Lipinski definition) is 3. The first-order valence-electron chi connectivity index (χ1n) is 8.57. The van der Waals surface area contributed by atoms with Crippen LogP contribution in [-0.4, -0.2) is 41.2 Å². The van der Waals surface area contributed by atoms with E-state index in [0.29, 0.717) is 17.6 Å². The van der Waals surface area contributed by atoms with Crippen molar-refractivity contribution in [2.75, 3.05) is 30.8 Å². The Bertz CT molecular complexity index is 876. The van der Waals surface area contributed by atoms with Crippen molar-refractivity contribution in [3.05, 3.63) is 29.7 Å². The van der Waals surface area contributed by atoms with Gasteiger partial charge in [-0.25, -0.2) is 9.97 Å². The van der Waals surface area contributed by atoms with Crippen molar-refractivity contribution in [3.63, 3.8) is 0 Å². The topological polar surface area (TPSA) is 108 Å². The lowest BCUT2D eigenvalue weighted by Crippen LogP contribution is -2.34. The highest BCUT2D eigenvalue weighted by Crippen LogP contribution is 2.34. The Morgan fingerprint density at radius 3 is 2.64 bits per heavy atom. The minimum absolute atomic E-state index is 0.0383. The number of piperidine rings is 1. The summed E-state index contributed by atoms with van der Waals surface area (Å²) in [6.45, 7) is 1.65. The molecule has 0 aromatic carbocycles. The molecule has 1 fully saturated rings. The molecule has 28 heavy (non-hydrogen) atoms. The van der Waals surface area contributed by atoms with Crippen molar-refractivity contribution in [3.8, 4) is 11.8 Å². The Morgan fingerprint density at radius 1 is 1.25 bits per heavy atom. The first-order chi connectivity index (χ1) is 13.4. The van der Waals surface area contributed by atoms with Crippen LogP contribution in [0.5, 0.6) is 5.75 Å². The molecule has 11 heteroatoms. The number of halogens is 3. The summed E-state index contributed by atoms with van der Waals surface area (Å²) in [6.07, 6.45) is -0.934. The molecule has 1 aliphatic rings. The Kier molecular flexibility index (Phi) is 5.79. The van der Waals surface area contributed by atoms with E-state index >= 15 is 0 Å². The zero-order valence-corrected chi connectivity index (χ0v) is 15.0. The maximum atomic E-state index is 13.0. The number of hydrogen-bond acceptors (Lipinski definition) is 8. The van der Waals surface area contributed by atoms with Gasteiger partial charge in [0, 0.05) is 19.3 Å². The molecular formula is C17H18F3N7O. The summed E-state index contributed by atoms with van der Waals surface area (Å²) in [5.74, 6) is -0.0883. The summed E-state index contributed by atoms with van der Waals surface area (Å²) in [4.78, 5) is 11.6. The van der Waals surface area contributed by atoms with Crippen molar-refractivity contribution >= 4 is 17.5 Å². The van der Waals surface area contributed by atoms with E-state index < -0.39 is 11.7 Å². The van der Waals surface area contributed by atoms with Gasteiger partial charge in [0.05, 0.1) is 11.9 Å². The number of nitriles is 1. The predicted octanol–water partition coefficient (Wildman–Crippen LogP) is 2.68. The molecule has 0 unspecified atom stereocenters. The summed E-state index contributed by atoms with van der Waals surface area (Å²) < 4.78 is 44.8. The average Bonchev–Trinajstić information content (AvgIpc) is 2.68. The lowest BCUT2D eigenvalue weighted by atomic mass is 10.1. The number of anilines is 3. The number of pyridine rings is 1. The molecule has 0 atom stereocenters. The Balaban J connectivity index is 1.82. The zero-order chi connectivity index (χ0) is 20.1. The summed E-state index contributed by atoms with van der Waals surface area (Å²) in [7, 11) is 1.34. The molecule has 0 saturated carbocycles. The highest BCUT2D eigenvalue weighted by molar-refractivity contribution is 5.59. The minimum Gasteiger partial charge on any atom is -0.487 e. The van der Waals surface area contributed by atoms with Gasteiger partial charge in [-0.15, -0.1) is 0 Å². The number of rotatable bonds is 5. The molecule has 0 spiro atoms. The first kappa shape index (κ1) is 19.6. The van der Waals surface area contributed by atoms with Crippen LogP contribution in [0.15, 0.2) is 18.5 Å². The van der Waals surface area contributed by atoms with Gasteiger partial charge in [0.2, 0.25) is 5.95 Å². The van der Waals surface area contributed by atoms with E-state index in [9.17, 15) is 18.4 Å². The molecule has 0 aliphatic carbocycles. The molecule has 0 radical (unpaired) electrons. The van der Waals surface area contributed by atoms with E-state index in [1.807, 2.05) is 6.07 Å². The largest absolute Gasteiger partial charge is 0.487 e. The van der Waals surface area contributed by atoms with Crippen LogP contribution in [0.2, 0.25) is 0 Å². The number of aromatic nitrogens is 3. The van der Waals surface area contributed by atoms with E-state index in [1.54, 1.807) is 6.07 Å². The molecule has 8 nitrogen and oxygen atoms in total. The fraction of sp³-hybridized carbons (Fsp3) is 0.412.